The summed E-state index contributed by atoms with van der Waals surface area (Å²) in [4.78, 5) is 22.5. The molecule has 1 amide bonds. The second kappa shape index (κ2) is 8.19. The number of aromatic nitrogens is 1. The topological polar surface area (TPSA) is 45.7 Å². The molecule has 1 aromatic heterocycles. The Morgan fingerprint density at radius 3 is 2.82 bits per heavy atom. The van der Waals surface area contributed by atoms with Crippen molar-refractivity contribution in [3.63, 3.8) is 0 Å². The normalized spacial score (nSPS) is 20.4. The van der Waals surface area contributed by atoms with Crippen molar-refractivity contribution in [1.82, 2.24) is 9.88 Å². The number of amides is 1. The SMILES string of the molecule is CCC(C)N1C(=O)/C(=C/c2cc3ccccc3nc2N2CCOCC2)SC1=S. The number of thioether (sulfide) groups is 1. The lowest BCUT2D eigenvalue weighted by atomic mass is 10.1. The Balaban J connectivity index is 1.78. The Kier molecular flexibility index (Phi) is 5.66. The van der Waals surface area contributed by atoms with Crippen molar-refractivity contribution in [2.75, 3.05) is 31.2 Å². The zero-order valence-electron chi connectivity index (χ0n) is 16.1. The van der Waals surface area contributed by atoms with Crippen molar-refractivity contribution in [2.24, 2.45) is 0 Å². The van der Waals surface area contributed by atoms with E-state index >= 15 is 0 Å². The number of carbonyl (C=O) groups excluding carboxylic acids is 1. The summed E-state index contributed by atoms with van der Waals surface area (Å²) in [5, 5.41) is 1.06. The van der Waals surface area contributed by atoms with E-state index in [-0.39, 0.29) is 11.9 Å². The number of thiocarbonyl (C=S) groups is 1. The van der Waals surface area contributed by atoms with Crippen molar-refractivity contribution >= 4 is 57.0 Å². The monoisotopic (exact) mass is 413 g/mol. The summed E-state index contributed by atoms with van der Waals surface area (Å²) in [5.74, 6) is 0.890. The Hall–Kier alpha value is -1.96. The lowest BCUT2D eigenvalue weighted by Gasteiger charge is -2.29. The van der Waals surface area contributed by atoms with Gasteiger partial charge in [0.25, 0.3) is 5.91 Å². The molecule has 2 aliphatic rings. The minimum atomic E-state index is -0.00886. The van der Waals surface area contributed by atoms with Gasteiger partial charge in [0.05, 0.1) is 23.6 Å². The zero-order valence-corrected chi connectivity index (χ0v) is 17.7. The van der Waals surface area contributed by atoms with E-state index in [2.05, 4.69) is 17.9 Å². The predicted octanol–water partition coefficient (Wildman–Crippen LogP) is 4.07. The molecular weight excluding hydrogens is 390 g/mol. The predicted molar refractivity (Wildman–Crippen MR) is 120 cm³/mol. The van der Waals surface area contributed by atoms with Gasteiger partial charge in [0.1, 0.15) is 10.1 Å². The quantitative estimate of drug-likeness (QED) is 0.556. The van der Waals surface area contributed by atoms with Crippen molar-refractivity contribution in [3.05, 3.63) is 40.8 Å². The van der Waals surface area contributed by atoms with Gasteiger partial charge in [-0.15, -0.1) is 0 Å². The standard InChI is InChI=1S/C21H23N3O2S2/c1-3-14(2)24-20(25)18(28-21(24)27)13-16-12-15-6-4-5-7-17(15)22-19(16)23-8-10-26-11-9-23/h4-7,12-14H,3,8-11H2,1-2H3/b18-13-. The number of morpholine rings is 1. The highest BCUT2D eigenvalue weighted by atomic mass is 32.2. The minimum absolute atomic E-state index is 0.00886. The second-order valence-corrected chi connectivity index (χ2v) is 8.68. The number of hydrogen-bond donors (Lipinski definition) is 0. The zero-order chi connectivity index (χ0) is 19.7. The molecule has 0 N–H and O–H groups in total. The molecule has 0 aliphatic carbocycles. The molecule has 0 saturated carbocycles. The first-order valence-electron chi connectivity index (χ1n) is 9.58. The molecule has 2 fully saturated rings. The van der Waals surface area contributed by atoms with Gasteiger partial charge in [0, 0.05) is 30.1 Å². The molecule has 28 heavy (non-hydrogen) atoms. The minimum Gasteiger partial charge on any atom is -0.378 e. The number of carbonyl (C=O) groups is 1. The lowest BCUT2D eigenvalue weighted by Crippen LogP contribution is -2.37. The van der Waals surface area contributed by atoms with Crippen LogP contribution in [-0.2, 0) is 9.53 Å². The molecule has 146 valence electrons. The van der Waals surface area contributed by atoms with E-state index in [1.165, 1.54) is 11.8 Å². The summed E-state index contributed by atoms with van der Waals surface area (Å²) in [7, 11) is 0. The van der Waals surface area contributed by atoms with E-state index in [1.807, 2.05) is 37.3 Å². The van der Waals surface area contributed by atoms with Crippen LogP contribution in [0.5, 0.6) is 0 Å². The summed E-state index contributed by atoms with van der Waals surface area (Å²) < 4.78 is 6.13. The highest BCUT2D eigenvalue weighted by molar-refractivity contribution is 8.26. The second-order valence-electron chi connectivity index (χ2n) is 7.00. The molecule has 0 bridgehead atoms. The highest BCUT2D eigenvalue weighted by Crippen LogP contribution is 2.36. The van der Waals surface area contributed by atoms with Crippen LogP contribution >= 0.6 is 24.0 Å². The molecule has 7 heteroatoms. The van der Waals surface area contributed by atoms with Crippen LogP contribution in [0.3, 0.4) is 0 Å². The maximum absolute atomic E-state index is 13.0. The molecule has 2 aliphatic heterocycles. The van der Waals surface area contributed by atoms with E-state index < -0.39 is 0 Å². The lowest BCUT2D eigenvalue weighted by molar-refractivity contribution is -0.123. The molecule has 1 atom stereocenters. The van der Waals surface area contributed by atoms with E-state index in [9.17, 15) is 4.79 Å². The van der Waals surface area contributed by atoms with Gasteiger partial charge < -0.3 is 9.64 Å². The van der Waals surface area contributed by atoms with E-state index in [1.54, 1.807) is 4.90 Å². The van der Waals surface area contributed by atoms with Gasteiger partial charge in [-0.2, -0.15) is 0 Å². The first kappa shape index (κ1) is 19.4. The van der Waals surface area contributed by atoms with Gasteiger partial charge in [-0.1, -0.05) is 49.1 Å². The van der Waals surface area contributed by atoms with Gasteiger partial charge >= 0.3 is 0 Å². The summed E-state index contributed by atoms with van der Waals surface area (Å²) >= 11 is 6.85. The van der Waals surface area contributed by atoms with Crippen LogP contribution in [0.2, 0.25) is 0 Å². The average molecular weight is 414 g/mol. The first-order chi connectivity index (χ1) is 13.6. The van der Waals surface area contributed by atoms with Crippen molar-refractivity contribution in [2.45, 2.75) is 26.3 Å². The van der Waals surface area contributed by atoms with Crippen LogP contribution in [0.25, 0.3) is 17.0 Å². The van der Waals surface area contributed by atoms with Gasteiger partial charge in [-0.05, 0) is 31.6 Å². The fraction of sp³-hybridized carbons (Fsp3) is 0.381. The Labute approximate surface area is 174 Å². The van der Waals surface area contributed by atoms with Gasteiger partial charge in [0.15, 0.2) is 0 Å². The van der Waals surface area contributed by atoms with Crippen LogP contribution < -0.4 is 4.90 Å². The maximum Gasteiger partial charge on any atom is 0.266 e. The third-order valence-corrected chi connectivity index (χ3v) is 6.52. The number of benzene rings is 1. The highest BCUT2D eigenvalue weighted by Gasteiger charge is 2.35. The molecule has 4 rings (SSSR count). The Morgan fingerprint density at radius 1 is 1.32 bits per heavy atom. The number of rotatable bonds is 4. The summed E-state index contributed by atoms with van der Waals surface area (Å²) in [6.07, 6.45) is 2.82. The molecular formula is C21H23N3O2S2. The van der Waals surface area contributed by atoms with Gasteiger partial charge in [0.2, 0.25) is 0 Å². The number of nitrogens with zero attached hydrogens (tertiary/aromatic N) is 3. The Morgan fingerprint density at radius 2 is 2.07 bits per heavy atom. The maximum atomic E-state index is 13.0. The molecule has 1 aromatic carbocycles. The van der Waals surface area contributed by atoms with Gasteiger partial charge in [-0.3, -0.25) is 9.69 Å². The van der Waals surface area contributed by atoms with Gasteiger partial charge in [-0.25, -0.2) is 4.98 Å². The number of para-hydroxylation sites is 1. The van der Waals surface area contributed by atoms with Crippen molar-refractivity contribution < 1.29 is 9.53 Å². The van der Waals surface area contributed by atoms with Crippen LogP contribution in [0.4, 0.5) is 5.82 Å². The van der Waals surface area contributed by atoms with Crippen molar-refractivity contribution in [3.8, 4) is 0 Å². The van der Waals surface area contributed by atoms with E-state index in [4.69, 9.17) is 21.9 Å². The molecule has 1 unspecified atom stereocenters. The third kappa shape index (κ3) is 3.66. The Bertz CT molecular complexity index is 954. The summed E-state index contributed by atoms with van der Waals surface area (Å²) in [6.45, 7) is 7.05. The molecule has 5 nitrogen and oxygen atoms in total. The number of pyridine rings is 1. The fourth-order valence-electron chi connectivity index (χ4n) is 3.44. The summed E-state index contributed by atoms with van der Waals surface area (Å²) in [6, 6.07) is 10.3. The average Bonchev–Trinajstić information content (AvgIpc) is 3.00. The smallest absolute Gasteiger partial charge is 0.266 e. The van der Waals surface area contributed by atoms with Crippen LogP contribution in [0, 0.1) is 0 Å². The van der Waals surface area contributed by atoms with Crippen LogP contribution in [-0.4, -0.2) is 52.5 Å². The fourth-order valence-corrected chi connectivity index (χ4v) is 4.89. The van der Waals surface area contributed by atoms with E-state index in [0.717, 1.165) is 41.8 Å². The summed E-state index contributed by atoms with van der Waals surface area (Å²) in [5.41, 5.74) is 1.90. The molecule has 0 spiro atoms. The molecule has 2 aromatic rings. The van der Waals surface area contributed by atoms with E-state index in [0.29, 0.717) is 22.4 Å². The number of anilines is 1. The van der Waals surface area contributed by atoms with Crippen molar-refractivity contribution in [1.29, 1.82) is 0 Å². The largest absolute Gasteiger partial charge is 0.378 e. The van der Waals surface area contributed by atoms with Crippen LogP contribution in [0.1, 0.15) is 25.8 Å². The number of hydrogen-bond acceptors (Lipinski definition) is 6. The molecule has 0 radical (unpaired) electrons. The first-order valence-corrected chi connectivity index (χ1v) is 10.8. The third-order valence-electron chi connectivity index (χ3n) is 5.18. The number of fused-ring (bicyclic) bond motifs is 1. The van der Waals surface area contributed by atoms with Crippen LogP contribution in [0.15, 0.2) is 35.2 Å². The molecule has 3 heterocycles. The number of ether oxygens (including phenoxy) is 1. The molecule has 2 saturated heterocycles.